The number of benzene rings is 2. The van der Waals surface area contributed by atoms with E-state index in [-0.39, 0.29) is 11.3 Å². The van der Waals surface area contributed by atoms with E-state index in [2.05, 4.69) is 4.72 Å². The lowest BCUT2D eigenvalue weighted by Gasteiger charge is -2.11. The van der Waals surface area contributed by atoms with Gasteiger partial charge in [-0.05, 0) is 30.2 Å². The minimum atomic E-state index is -3.75. The van der Waals surface area contributed by atoms with Crippen LogP contribution in [0, 0.1) is 6.92 Å². The molecule has 0 atom stereocenters. The van der Waals surface area contributed by atoms with Gasteiger partial charge < -0.3 is 5.73 Å². The fourth-order valence-electron chi connectivity index (χ4n) is 1.92. The second kappa shape index (κ2) is 6.44. The van der Waals surface area contributed by atoms with E-state index in [9.17, 15) is 13.2 Å². The molecule has 0 radical (unpaired) electrons. The highest BCUT2D eigenvalue weighted by Crippen LogP contribution is 2.22. The first kappa shape index (κ1) is 15.8. The number of carbonyl (C=O) groups is 1. The van der Waals surface area contributed by atoms with Crippen LogP contribution in [0.25, 0.3) is 6.08 Å². The maximum absolute atomic E-state index is 12.2. The van der Waals surface area contributed by atoms with Crippen molar-refractivity contribution < 1.29 is 13.2 Å². The van der Waals surface area contributed by atoms with Crippen LogP contribution in [-0.4, -0.2) is 14.3 Å². The molecule has 6 heteroatoms. The summed E-state index contributed by atoms with van der Waals surface area (Å²) in [6.07, 6.45) is 1.48. The second-order valence-electron chi connectivity index (χ2n) is 4.72. The molecule has 5 nitrogen and oxygen atoms in total. The molecule has 0 aliphatic rings. The summed E-state index contributed by atoms with van der Waals surface area (Å²) < 4.78 is 26.7. The fraction of sp³-hybridized carbons (Fsp3) is 0.0625. The van der Waals surface area contributed by atoms with E-state index in [1.807, 2.05) is 18.2 Å². The van der Waals surface area contributed by atoms with E-state index < -0.39 is 15.9 Å². The quantitative estimate of drug-likeness (QED) is 0.888. The van der Waals surface area contributed by atoms with E-state index in [0.29, 0.717) is 5.56 Å². The SMILES string of the molecule is Cc1cccc(C(N)=O)c1NS(=O)(=O)/C=C/c1ccccc1. The van der Waals surface area contributed by atoms with Crippen molar-refractivity contribution >= 4 is 27.7 Å². The number of sulfonamides is 1. The van der Waals surface area contributed by atoms with Crippen LogP contribution in [0.2, 0.25) is 0 Å². The molecule has 0 saturated heterocycles. The molecule has 114 valence electrons. The lowest BCUT2D eigenvalue weighted by molar-refractivity contribution is 0.100. The Balaban J connectivity index is 2.30. The number of hydrogen-bond donors (Lipinski definition) is 2. The van der Waals surface area contributed by atoms with E-state index in [0.717, 1.165) is 11.0 Å². The number of para-hydroxylation sites is 1. The van der Waals surface area contributed by atoms with Crippen LogP contribution < -0.4 is 10.5 Å². The molecular formula is C16H16N2O3S. The normalized spacial score (nSPS) is 11.5. The fourth-order valence-corrected chi connectivity index (χ4v) is 2.88. The zero-order chi connectivity index (χ0) is 16.2. The van der Waals surface area contributed by atoms with Crippen molar-refractivity contribution in [2.24, 2.45) is 5.73 Å². The van der Waals surface area contributed by atoms with Crippen molar-refractivity contribution in [2.45, 2.75) is 6.92 Å². The number of carbonyl (C=O) groups excluding carboxylic acids is 1. The molecule has 3 N–H and O–H groups in total. The zero-order valence-electron chi connectivity index (χ0n) is 12.0. The predicted molar refractivity (Wildman–Crippen MR) is 87.7 cm³/mol. The first-order chi connectivity index (χ1) is 10.4. The summed E-state index contributed by atoms with van der Waals surface area (Å²) in [5.41, 5.74) is 6.99. The number of amides is 1. The first-order valence-electron chi connectivity index (χ1n) is 6.54. The molecule has 0 saturated carbocycles. The van der Waals surface area contributed by atoms with Crippen molar-refractivity contribution in [3.8, 4) is 0 Å². The van der Waals surface area contributed by atoms with Crippen LogP contribution in [0.3, 0.4) is 0 Å². The molecule has 2 aromatic carbocycles. The van der Waals surface area contributed by atoms with Gasteiger partial charge in [0.05, 0.1) is 16.7 Å². The molecule has 0 bridgehead atoms. The Kier molecular flexibility index (Phi) is 4.62. The third-order valence-electron chi connectivity index (χ3n) is 3.02. The largest absolute Gasteiger partial charge is 0.366 e. The molecular weight excluding hydrogens is 300 g/mol. The average Bonchev–Trinajstić information content (AvgIpc) is 2.48. The van der Waals surface area contributed by atoms with Gasteiger partial charge in [0.1, 0.15) is 0 Å². The van der Waals surface area contributed by atoms with E-state index >= 15 is 0 Å². The molecule has 0 heterocycles. The Hall–Kier alpha value is -2.60. The van der Waals surface area contributed by atoms with Crippen LogP contribution in [-0.2, 0) is 10.0 Å². The predicted octanol–water partition coefficient (Wildman–Crippen LogP) is 2.51. The number of anilines is 1. The number of nitrogens with one attached hydrogen (secondary N) is 1. The number of primary amides is 1. The van der Waals surface area contributed by atoms with Crippen molar-refractivity contribution in [3.05, 3.63) is 70.6 Å². The van der Waals surface area contributed by atoms with Crippen LogP contribution in [0.1, 0.15) is 21.5 Å². The molecule has 0 spiro atoms. The average molecular weight is 316 g/mol. The Labute approximate surface area is 129 Å². The van der Waals surface area contributed by atoms with Gasteiger partial charge in [-0.2, -0.15) is 0 Å². The summed E-state index contributed by atoms with van der Waals surface area (Å²) in [6.45, 7) is 1.70. The second-order valence-corrected chi connectivity index (χ2v) is 6.29. The zero-order valence-corrected chi connectivity index (χ0v) is 12.8. The Morgan fingerprint density at radius 2 is 1.77 bits per heavy atom. The van der Waals surface area contributed by atoms with Crippen LogP contribution in [0.5, 0.6) is 0 Å². The van der Waals surface area contributed by atoms with Gasteiger partial charge in [-0.1, -0.05) is 42.5 Å². The van der Waals surface area contributed by atoms with Crippen molar-refractivity contribution in [1.29, 1.82) is 0 Å². The lowest BCUT2D eigenvalue weighted by atomic mass is 10.1. The smallest absolute Gasteiger partial charge is 0.255 e. The molecule has 2 aromatic rings. The Bertz CT molecular complexity index is 813. The molecule has 0 aromatic heterocycles. The Morgan fingerprint density at radius 3 is 2.41 bits per heavy atom. The van der Waals surface area contributed by atoms with Gasteiger partial charge in [-0.15, -0.1) is 0 Å². The number of nitrogens with two attached hydrogens (primary N) is 1. The molecule has 0 fully saturated rings. The van der Waals surface area contributed by atoms with Crippen molar-refractivity contribution in [3.63, 3.8) is 0 Å². The molecule has 0 unspecified atom stereocenters. The minimum absolute atomic E-state index is 0.136. The van der Waals surface area contributed by atoms with Gasteiger partial charge in [0.25, 0.3) is 15.9 Å². The van der Waals surface area contributed by atoms with Crippen molar-refractivity contribution in [2.75, 3.05) is 4.72 Å². The molecule has 0 aliphatic carbocycles. The van der Waals surface area contributed by atoms with Crippen LogP contribution >= 0.6 is 0 Å². The van der Waals surface area contributed by atoms with Crippen LogP contribution in [0.15, 0.2) is 53.9 Å². The standard InChI is InChI=1S/C16H16N2O3S/c1-12-6-5-9-14(16(17)19)15(12)18-22(20,21)11-10-13-7-3-2-4-8-13/h2-11,18H,1H3,(H2,17,19)/b11-10+. The number of hydrogen-bond acceptors (Lipinski definition) is 3. The molecule has 1 amide bonds. The van der Waals surface area contributed by atoms with E-state index in [1.54, 1.807) is 31.2 Å². The molecule has 22 heavy (non-hydrogen) atoms. The molecule has 0 aliphatic heterocycles. The first-order valence-corrected chi connectivity index (χ1v) is 8.09. The van der Waals surface area contributed by atoms with Gasteiger partial charge >= 0.3 is 0 Å². The van der Waals surface area contributed by atoms with Gasteiger partial charge in [0.15, 0.2) is 0 Å². The van der Waals surface area contributed by atoms with Crippen molar-refractivity contribution in [1.82, 2.24) is 0 Å². The highest BCUT2D eigenvalue weighted by Gasteiger charge is 2.15. The van der Waals surface area contributed by atoms with Gasteiger partial charge in [-0.25, -0.2) is 8.42 Å². The summed E-state index contributed by atoms with van der Waals surface area (Å²) in [5.74, 6) is -0.687. The maximum atomic E-state index is 12.2. The summed E-state index contributed by atoms with van der Waals surface area (Å²) in [6, 6.07) is 13.9. The van der Waals surface area contributed by atoms with Crippen LogP contribution in [0.4, 0.5) is 5.69 Å². The topological polar surface area (TPSA) is 89.3 Å². The minimum Gasteiger partial charge on any atom is -0.366 e. The van der Waals surface area contributed by atoms with Gasteiger partial charge in [0.2, 0.25) is 0 Å². The Morgan fingerprint density at radius 1 is 1.09 bits per heavy atom. The van der Waals surface area contributed by atoms with Gasteiger partial charge in [-0.3, -0.25) is 9.52 Å². The highest BCUT2D eigenvalue weighted by atomic mass is 32.2. The third-order valence-corrected chi connectivity index (χ3v) is 4.00. The van der Waals surface area contributed by atoms with Gasteiger partial charge in [0, 0.05) is 0 Å². The highest BCUT2D eigenvalue weighted by molar-refractivity contribution is 7.95. The number of rotatable bonds is 5. The number of aryl methyl sites for hydroxylation is 1. The lowest BCUT2D eigenvalue weighted by Crippen LogP contribution is -2.18. The summed E-state index contributed by atoms with van der Waals surface area (Å²) in [4.78, 5) is 11.4. The summed E-state index contributed by atoms with van der Waals surface area (Å²) >= 11 is 0. The molecule has 2 rings (SSSR count). The van der Waals surface area contributed by atoms with E-state index in [4.69, 9.17) is 5.73 Å². The monoisotopic (exact) mass is 316 g/mol. The summed E-state index contributed by atoms with van der Waals surface area (Å²) in [5, 5.41) is 1.06. The van der Waals surface area contributed by atoms with E-state index in [1.165, 1.54) is 12.1 Å². The third kappa shape index (κ3) is 3.95. The maximum Gasteiger partial charge on any atom is 0.255 e. The summed E-state index contributed by atoms with van der Waals surface area (Å²) in [7, 11) is -3.75.